The number of halogens is 2. The molecule has 0 fully saturated rings. The van der Waals surface area contributed by atoms with Gasteiger partial charge in [0.05, 0.1) is 26.1 Å². The minimum absolute atomic E-state index is 0.104. The molecule has 0 radical (unpaired) electrons. The summed E-state index contributed by atoms with van der Waals surface area (Å²) in [6.45, 7) is 0. The molecular formula is C12H5Cl2NO6. The minimum atomic E-state index is -1.51. The van der Waals surface area contributed by atoms with Crippen molar-refractivity contribution in [2.45, 2.75) is 0 Å². The largest absolute Gasteiger partial charge is 0.478 e. The summed E-state index contributed by atoms with van der Waals surface area (Å²) >= 11 is 11.7. The molecule has 0 atom stereocenters. The van der Waals surface area contributed by atoms with Crippen molar-refractivity contribution in [1.82, 2.24) is 0 Å². The number of carboxylic acid groups (broad SMARTS) is 2. The van der Waals surface area contributed by atoms with Crippen LogP contribution in [0.2, 0.25) is 10.0 Å². The van der Waals surface area contributed by atoms with Gasteiger partial charge in [0.25, 0.3) is 5.69 Å². The van der Waals surface area contributed by atoms with E-state index in [9.17, 15) is 19.7 Å². The molecule has 21 heavy (non-hydrogen) atoms. The molecule has 0 aliphatic carbocycles. The summed E-state index contributed by atoms with van der Waals surface area (Å²) in [4.78, 5) is 32.6. The van der Waals surface area contributed by atoms with Gasteiger partial charge in [-0.1, -0.05) is 23.2 Å². The third-order valence-corrected chi connectivity index (χ3v) is 3.58. The van der Waals surface area contributed by atoms with E-state index in [1.807, 2.05) is 0 Å². The van der Waals surface area contributed by atoms with Gasteiger partial charge in [0.15, 0.2) is 0 Å². The molecule has 108 valence electrons. The molecule has 2 aromatic rings. The summed E-state index contributed by atoms with van der Waals surface area (Å²) in [7, 11) is 0. The van der Waals surface area contributed by atoms with Gasteiger partial charge < -0.3 is 10.2 Å². The summed E-state index contributed by atoms with van der Waals surface area (Å²) in [5, 5.41) is 28.6. The van der Waals surface area contributed by atoms with Crippen LogP contribution in [0.4, 0.5) is 5.69 Å². The molecule has 0 heterocycles. The van der Waals surface area contributed by atoms with Crippen LogP contribution in [0.5, 0.6) is 0 Å². The van der Waals surface area contributed by atoms with E-state index in [1.54, 1.807) is 0 Å². The summed E-state index contributed by atoms with van der Waals surface area (Å²) in [5.41, 5.74) is -1.46. The van der Waals surface area contributed by atoms with Gasteiger partial charge in [0, 0.05) is 22.9 Å². The number of non-ortho nitro benzene ring substituents is 1. The molecule has 0 aliphatic heterocycles. The van der Waals surface area contributed by atoms with Gasteiger partial charge in [-0.3, -0.25) is 10.1 Å². The first-order valence-corrected chi connectivity index (χ1v) is 6.06. The first-order chi connectivity index (χ1) is 9.73. The number of nitrogens with zero attached hydrogens (tertiary/aromatic N) is 1. The van der Waals surface area contributed by atoms with Gasteiger partial charge in [-0.2, -0.15) is 0 Å². The molecule has 2 N–H and O–H groups in total. The quantitative estimate of drug-likeness (QED) is 0.657. The topological polar surface area (TPSA) is 118 Å². The smallest absolute Gasteiger partial charge is 0.336 e. The molecule has 0 saturated carbocycles. The average Bonchev–Trinajstić information content (AvgIpc) is 2.40. The van der Waals surface area contributed by atoms with Crippen molar-refractivity contribution in [3.63, 3.8) is 0 Å². The number of hydrogen-bond acceptors (Lipinski definition) is 4. The van der Waals surface area contributed by atoms with Crippen LogP contribution >= 0.6 is 23.2 Å². The van der Waals surface area contributed by atoms with Crippen LogP contribution in [0.15, 0.2) is 18.2 Å². The lowest BCUT2D eigenvalue weighted by atomic mass is 9.98. The first-order valence-electron chi connectivity index (χ1n) is 5.30. The van der Waals surface area contributed by atoms with Crippen LogP contribution in [0.1, 0.15) is 20.7 Å². The summed E-state index contributed by atoms with van der Waals surface area (Å²) in [5.74, 6) is -2.93. The van der Waals surface area contributed by atoms with Crippen molar-refractivity contribution < 1.29 is 24.7 Å². The third kappa shape index (κ3) is 2.48. The highest BCUT2D eigenvalue weighted by Gasteiger charge is 2.24. The lowest BCUT2D eigenvalue weighted by Crippen LogP contribution is -2.06. The van der Waals surface area contributed by atoms with Crippen LogP contribution in [0.25, 0.3) is 10.8 Å². The Kier molecular flexibility index (Phi) is 3.71. The Morgan fingerprint density at radius 2 is 1.57 bits per heavy atom. The molecule has 0 bridgehead atoms. The molecule has 2 aromatic carbocycles. The minimum Gasteiger partial charge on any atom is -0.478 e. The van der Waals surface area contributed by atoms with Crippen molar-refractivity contribution >= 4 is 51.6 Å². The Morgan fingerprint density at radius 3 is 2.05 bits per heavy atom. The number of nitro benzene ring substituents is 1. The van der Waals surface area contributed by atoms with Crippen molar-refractivity contribution in [2.24, 2.45) is 0 Å². The second-order valence-corrected chi connectivity index (χ2v) is 4.79. The SMILES string of the molecule is O=C(O)c1cc([N+](=O)[O-])cc2c(Cl)c(Cl)cc(C(=O)O)c12. The van der Waals surface area contributed by atoms with Crippen molar-refractivity contribution in [3.8, 4) is 0 Å². The molecular weight excluding hydrogens is 325 g/mol. The number of hydrogen-bond donors (Lipinski definition) is 2. The van der Waals surface area contributed by atoms with Crippen molar-refractivity contribution in [2.75, 3.05) is 0 Å². The second kappa shape index (κ2) is 5.19. The number of fused-ring (bicyclic) bond motifs is 1. The van der Waals surface area contributed by atoms with Crippen LogP contribution in [0.3, 0.4) is 0 Å². The molecule has 0 aliphatic rings. The van der Waals surface area contributed by atoms with E-state index in [1.165, 1.54) is 0 Å². The lowest BCUT2D eigenvalue weighted by molar-refractivity contribution is -0.384. The Hall–Kier alpha value is -2.38. The van der Waals surface area contributed by atoms with Crippen LogP contribution < -0.4 is 0 Å². The monoisotopic (exact) mass is 329 g/mol. The predicted octanol–water partition coefficient (Wildman–Crippen LogP) is 3.45. The summed E-state index contributed by atoms with van der Waals surface area (Å²) in [6.07, 6.45) is 0. The van der Waals surface area contributed by atoms with E-state index in [4.69, 9.17) is 33.4 Å². The van der Waals surface area contributed by atoms with Gasteiger partial charge in [0.1, 0.15) is 0 Å². The molecule has 0 aromatic heterocycles. The van der Waals surface area contributed by atoms with Crippen molar-refractivity contribution in [3.05, 3.63) is 49.5 Å². The van der Waals surface area contributed by atoms with Gasteiger partial charge in [0.2, 0.25) is 0 Å². The van der Waals surface area contributed by atoms with E-state index >= 15 is 0 Å². The first kappa shape index (κ1) is 15.0. The Balaban J connectivity index is 3.10. The molecule has 0 spiro atoms. The van der Waals surface area contributed by atoms with E-state index < -0.39 is 33.7 Å². The standard InChI is InChI=1S/C12H5Cl2NO6/c13-8-3-7(12(18)19)9-5(10(8)14)1-4(15(20)21)2-6(9)11(16)17/h1-3H,(H,16,17)(H,18,19). The summed E-state index contributed by atoms with van der Waals surface area (Å²) < 4.78 is 0. The van der Waals surface area contributed by atoms with E-state index in [0.717, 1.165) is 18.2 Å². The number of rotatable bonds is 3. The number of carbonyl (C=O) groups is 2. The molecule has 0 unspecified atom stereocenters. The van der Waals surface area contributed by atoms with Gasteiger partial charge >= 0.3 is 11.9 Å². The maximum atomic E-state index is 11.3. The maximum Gasteiger partial charge on any atom is 0.336 e. The highest BCUT2D eigenvalue weighted by atomic mass is 35.5. The van der Waals surface area contributed by atoms with Gasteiger partial charge in [-0.15, -0.1) is 0 Å². The molecule has 7 nitrogen and oxygen atoms in total. The van der Waals surface area contributed by atoms with E-state index in [2.05, 4.69) is 0 Å². The van der Waals surface area contributed by atoms with Crippen LogP contribution in [-0.2, 0) is 0 Å². The predicted molar refractivity (Wildman–Crippen MR) is 74.5 cm³/mol. The molecule has 2 rings (SSSR count). The van der Waals surface area contributed by atoms with Gasteiger partial charge in [-0.05, 0) is 6.07 Å². The summed E-state index contributed by atoms with van der Waals surface area (Å²) in [6, 6.07) is 2.77. The number of benzene rings is 2. The van der Waals surface area contributed by atoms with Crippen LogP contribution in [-0.4, -0.2) is 27.1 Å². The van der Waals surface area contributed by atoms with E-state index in [-0.39, 0.29) is 20.8 Å². The van der Waals surface area contributed by atoms with Gasteiger partial charge in [-0.25, -0.2) is 9.59 Å². The highest BCUT2D eigenvalue weighted by molar-refractivity contribution is 6.46. The fraction of sp³-hybridized carbons (Fsp3) is 0. The fourth-order valence-electron chi connectivity index (χ4n) is 1.92. The molecule has 0 amide bonds. The molecule has 9 heteroatoms. The number of carboxylic acids is 2. The average molecular weight is 330 g/mol. The second-order valence-electron chi connectivity index (χ2n) is 4.00. The number of aromatic carboxylic acids is 2. The lowest BCUT2D eigenvalue weighted by Gasteiger charge is -2.10. The maximum absolute atomic E-state index is 11.3. The van der Waals surface area contributed by atoms with E-state index in [0.29, 0.717) is 0 Å². The Bertz CT molecular complexity index is 817. The Morgan fingerprint density at radius 1 is 1.05 bits per heavy atom. The number of nitro groups is 1. The zero-order chi connectivity index (χ0) is 15.9. The van der Waals surface area contributed by atoms with Crippen molar-refractivity contribution in [1.29, 1.82) is 0 Å². The fourth-order valence-corrected chi connectivity index (χ4v) is 2.34. The third-order valence-electron chi connectivity index (χ3n) is 2.78. The zero-order valence-corrected chi connectivity index (χ0v) is 11.5. The normalized spacial score (nSPS) is 10.6. The zero-order valence-electron chi connectivity index (χ0n) is 9.96. The highest BCUT2D eigenvalue weighted by Crippen LogP contribution is 2.37. The molecule has 0 saturated heterocycles. The van der Waals surface area contributed by atoms with Crippen LogP contribution in [0, 0.1) is 10.1 Å². The Labute approximate surface area is 126 Å².